The van der Waals surface area contributed by atoms with Crippen LogP contribution in [0.3, 0.4) is 0 Å². The third-order valence-corrected chi connectivity index (χ3v) is 5.88. The maximum Gasteiger partial charge on any atom is 0.228 e. The second kappa shape index (κ2) is 9.12. The van der Waals surface area contributed by atoms with Crippen LogP contribution in [-0.2, 0) is 4.79 Å². The number of hydrogen-bond acceptors (Lipinski definition) is 4. The van der Waals surface area contributed by atoms with Crippen molar-refractivity contribution in [1.82, 2.24) is 10.3 Å². The third kappa shape index (κ3) is 4.59. The number of aryl methyl sites for hydroxylation is 1. The zero-order valence-electron chi connectivity index (χ0n) is 16.2. The molecule has 1 saturated carbocycles. The molecule has 5 nitrogen and oxygen atoms in total. The maximum atomic E-state index is 12.5. The van der Waals surface area contributed by atoms with Gasteiger partial charge in [0.1, 0.15) is 5.75 Å². The number of halogens is 2. The molecule has 1 amide bonds. The molecule has 2 N–H and O–H groups in total. The van der Waals surface area contributed by atoms with E-state index in [1.807, 2.05) is 25.1 Å². The lowest BCUT2D eigenvalue weighted by Gasteiger charge is -2.23. The molecule has 2 aromatic rings. The van der Waals surface area contributed by atoms with E-state index in [2.05, 4.69) is 28.6 Å². The van der Waals surface area contributed by atoms with Crippen molar-refractivity contribution in [2.24, 2.45) is 11.3 Å². The fraction of sp³-hybridized carbons (Fsp3) is 0.429. The van der Waals surface area contributed by atoms with Gasteiger partial charge in [-0.15, -0.1) is 24.8 Å². The minimum atomic E-state index is 0. The Kier molecular flexibility index (Phi) is 7.32. The van der Waals surface area contributed by atoms with Crippen LogP contribution in [0.2, 0.25) is 0 Å². The summed E-state index contributed by atoms with van der Waals surface area (Å²) in [7, 11) is 0. The molecule has 0 bridgehead atoms. The number of benzene rings is 1. The smallest absolute Gasteiger partial charge is 0.228 e. The van der Waals surface area contributed by atoms with Crippen molar-refractivity contribution >= 4 is 36.4 Å². The van der Waals surface area contributed by atoms with E-state index in [4.69, 9.17) is 4.74 Å². The van der Waals surface area contributed by atoms with Crippen molar-refractivity contribution < 1.29 is 9.53 Å². The maximum absolute atomic E-state index is 12.5. The molecule has 2 aliphatic rings. The van der Waals surface area contributed by atoms with Crippen molar-refractivity contribution in [3.63, 3.8) is 0 Å². The molecule has 1 atom stereocenters. The Bertz CT molecular complexity index is 821. The summed E-state index contributed by atoms with van der Waals surface area (Å²) in [4.78, 5) is 16.9. The average molecular weight is 424 g/mol. The number of amides is 1. The van der Waals surface area contributed by atoms with Gasteiger partial charge in [0.25, 0.3) is 0 Å². The van der Waals surface area contributed by atoms with Gasteiger partial charge < -0.3 is 15.4 Å². The predicted molar refractivity (Wildman–Crippen MR) is 116 cm³/mol. The van der Waals surface area contributed by atoms with E-state index in [0.29, 0.717) is 5.88 Å². The van der Waals surface area contributed by atoms with Crippen LogP contribution in [-0.4, -0.2) is 24.0 Å². The van der Waals surface area contributed by atoms with Gasteiger partial charge in [-0.2, -0.15) is 0 Å². The summed E-state index contributed by atoms with van der Waals surface area (Å²) >= 11 is 0. The van der Waals surface area contributed by atoms with E-state index in [-0.39, 0.29) is 42.1 Å². The number of pyridine rings is 1. The van der Waals surface area contributed by atoms with Gasteiger partial charge in [0.05, 0.1) is 11.9 Å². The Morgan fingerprint density at radius 3 is 2.61 bits per heavy atom. The molecule has 1 spiro atoms. The van der Waals surface area contributed by atoms with E-state index in [1.54, 1.807) is 12.3 Å². The first kappa shape index (κ1) is 22.5. The van der Waals surface area contributed by atoms with Gasteiger partial charge in [0.15, 0.2) is 0 Å². The molecule has 28 heavy (non-hydrogen) atoms. The van der Waals surface area contributed by atoms with Gasteiger partial charge in [-0.3, -0.25) is 4.79 Å². The molecule has 152 valence electrons. The number of aromatic nitrogens is 1. The first-order valence-electron chi connectivity index (χ1n) is 9.29. The number of ether oxygens (including phenoxy) is 1. The highest BCUT2D eigenvalue weighted by Crippen LogP contribution is 2.58. The molecule has 7 heteroatoms. The normalized spacial score (nSPS) is 19.1. The Morgan fingerprint density at radius 2 is 1.93 bits per heavy atom. The van der Waals surface area contributed by atoms with Crippen molar-refractivity contribution in [3.8, 4) is 11.6 Å². The first-order chi connectivity index (χ1) is 12.6. The van der Waals surface area contributed by atoms with Crippen LogP contribution in [0, 0.1) is 25.2 Å². The highest BCUT2D eigenvalue weighted by atomic mass is 35.5. The summed E-state index contributed by atoms with van der Waals surface area (Å²) in [5.74, 6) is 1.60. The van der Waals surface area contributed by atoms with Crippen molar-refractivity contribution in [2.75, 3.05) is 18.4 Å². The molecule has 1 aromatic heterocycles. The Balaban J connectivity index is 0.00000140. The minimum Gasteiger partial charge on any atom is -0.439 e. The van der Waals surface area contributed by atoms with Gasteiger partial charge in [-0.05, 0) is 74.9 Å². The number of carbonyl (C=O) groups is 1. The Labute approximate surface area is 178 Å². The number of hydrogen-bond donors (Lipinski definition) is 2. The molecule has 4 rings (SSSR count). The molecule has 1 unspecified atom stereocenters. The quantitative estimate of drug-likeness (QED) is 0.749. The molecule has 1 aromatic carbocycles. The van der Waals surface area contributed by atoms with Crippen molar-refractivity contribution in [2.45, 2.75) is 33.1 Å². The molecule has 1 aliphatic carbocycles. The number of nitrogens with one attached hydrogen (secondary N) is 2. The van der Waals surface area contributed by atoms with Gasteiger partial charge in [-0.1, -0.05) is 12.1 Å². The van der Waals surface area contributed by atoms with Crippen LogP contribution < -0.4 is 15.4 Å². The highest BCUT2D eigenvalue weighted by molar-refractivity contribution is 5.95. The second-order valence-electron chi connectivity index (χ2n) is 7.54. The number of carbonyl (C=O) groups excluding carboxylic acids is 1. The zero-order valence-corrected chi connectivity index (χ0v) is 17.8. The van der Waals surface area contributed by atoms with E-state index >= 15 is 0 Å². The lowest BCUT2D eigenvalue weighted by atomic mass is 9.92. The molecule has 1 aliphatic heterocycles. The van der Waals surface area contributed by atoms with Crippen molar-refractivity contribution in [1.29, 1.82) is 0 Å². The van der Waals surface area contributed by atoms with Gasteiger partial charge >= 0.3 is 0 Å². The lowest BCUT2D eigenvalue weighted by molar-refractivity contribution is -0.118. The SMILES string of the molecule is Cc1cccc(Oc2ccc(NC(=O)C3CC34CCNCC4)cn2)c1C.Cl.Cl. The fourth-order valence-corrected chi connectivity index (χ4v) is 3.89. The van der Waals surface area contributed by atoms with Crippen LogP contribution in [0.5, 0.6) is 11.6 Å². The Morgan fingerprint density at radius 1 is 1.18 bits per heavy atom. The number of nitrogens with zero attached hydrogens (tertiary/aromatic N) is 1. The van der Waals surface area contributed by atoms with Gasteiger partial charge in [-0.25, -0.2) is 4.98 Å². The highest BCUT2D eigenvalue weighted by Gasteiger charge is 2.57. The van der Waals surface area contributed by atoms with Gasteiger partial charge in [0, 0.05) is 12.0 Å². The molecule has 2 fully saturated rings. The van der Waals surface area contributed by atoms with Crippen LogP contribution >= 0.6 is 24.8 Å². The van der Waals surface area contributed by atoms with Crippen molar-refractivity contribution in [3.05, 3.63) is 47.7 Å². The largest absolute Gasteiger partial charge is 0.439 e. The van der Waals surface area contributed by atoms with E-state index in [1.165, 1.54) is 5.56 Å². The molecular formula is C21H27Cl2N3O2. The molecule has 0 radical (unpaired) electrons. The number of rotatable bonds is 4. The van der Waals surface area contributed by atoms with Crippen LogP contribution in [0.4, 0.5) is 5.69 Å². The van der Waals surface area contributed by atoms with Crippen LogP contribution in [0.25, 0.3) is 0 Å². The van der Waals surface area contributed by atoms with Gasteiger partial charge in [0.2, 0.25) is 11.8 Å². The monoisotopic (exact) mass is 423 g/mol. The standard InChI is InChI=1S/C21H25N3O2.2ClH/c1-14-4-3-5-18(15(14)2)26-19-7-6-16(13-23-19)24-20(25)17-12-21(17)8-10-22-11-9-21;;/h3-7,13,17,22H,8-12H2,1-2H3,(H,24,25);2*1H. The first-order valence-corrected chi connectivity index (χ1v) is 9.29. The van der Waals surface area contributed by atoms with E-state index in [0.717, 1.165) is 49.4 Å². The Hall–Kier alpha value is -1.82. The number of piperidine rings is 1. The lowest BCUT2D eigenvalue weighted by Crippen LogP contribution is -2.31. The summed E-state index contributed by atoms with van der Waals surface area (Å²) in [6, 6.07) is 9.61. The molecular weight excluding hydrogens is 397 g/mol. The van der Waals surface area contributed by atoms with Crippen LogP contribution in [0.15, 0.2) is 36.5 Å². The fourth-order valence-electron chi connectivity index (χ4n) is 3.89. The number of anilines is 1. The summed E-state index contributed by atoms with van der Waals surface area (Å²) in [6.45, 7) is 6.14. The minimum absolute atomic E-state index is 0. The molecule has 1 saturated heterocycles. The second-order valence-corrected chi connectivity index (χ2v) is 7.54. The van der Waals surface area contributed by atoms with Crippen LogP contribution in [0.1, 0.15) is 30.4 Å². The third-order valence-electron chi connectivity index (χ3n) is 5.88. The predicted octanol–water partition coefficient (Wildman–Crippen LogP) is 4.66. The topological polar surface area (TPSA) is 63.2 Å². The summed E-state index contributed by atoms with van der Waals surface area (Å²) in [5, 5.41) is 6.38. The zero-order chi connectivity index (χ0) is 18.1. The molecule has 2 heterocycles. The summed E-state index contributed by atoms with van der Waals surface area (Å²) in [5.41, 5.74) is 3.25. The summed E-state index contributed by atoms with van der Waals surface area (Å²) in [6.07, 6.45) is 4.88. The summed E-state index contributed by atoms with van der Waals surface area (Å²) < 4.78 is 5.87. The van der Waals surface area contributed by atoms with E-state index in [9.17, 15) is 4.79 Å². The van der Waals surface area contributed by atoms with E-state index < -0.39 is 0 Å². The average Bonchev–Trinajstić information content (AvgIpc) is 3.34.